The number of aliphatic hydroxyl groups is 16. The number of esters is 1. The zero-order chi connectivity index (χ0) is 80.6. The number of carboxylic acids is 1. The van der Waals surface area contributed by atoms with Gasteiger partial charge in [-0.25, -0.2) is 18.4 Å². The van der Waals surface area contributed by atoms with Gasteiger partial charge in [0.15, 0.2) is 46.0 Å². The highest BCUT2D eigenvalue weighted by atomic mass is 16.7. The summed E-state index contributed by atoms with van der Waals surface area (Å²) in [5.41, 5.74) is 0.414. The second-order valence-corrected chi connectivity index (χ2v) is 24.6. The molecule has 6 heterocycles. The number of hydrogen-bond donors (Lipinski definition) is 26. The summed E-state index contributed by atoms with van der Waals surface area (Å²) in [6, 6.07) is 22.1. The third-order valence-corrected chi connectivity index (χ3v) is 17.3. The first-order chi connectivity index (χ1) is 52.1. The Hall–Kier alpha value is -10.5. The lowest BCUT2D eigenvalue weighted by Gasteiger charge is -2.39. The molecule has 8 aromatic rings. The van der Waals surface area contributed by atoms with Gasteiger partial charge < -0.3 is 180 Å². The third kappa shape index (κ3) is 18.5. The Morgan fingerprint density at radius 1 is 0.345 bits per heavy atom. The quantitative estimate of drug-likeness (QED) is 0.0259. The first-order valence-corrected chi connectivity index (χ1v) is 32.6. The van der Waals surface area contributed by atoms with Crippen LogP contribution in [0.4, 0.5) is 0 Å². The smallest absolute Gasteiger partial charge is 0.402 e. The average Bonchev–Trinajstić information content (AvgIpc) is 0.765. The highest BCUT2D eigenvalue weighted by molar-refractivity contribution is 5.92. The summed E-state index contributed by atoms with van der Waals surface area (Å²) in [7, 11) is 2.67. The van der Waals surface area contributed by atoms with Crippen LogP contribution in [0.15, 0.2) is 118 Å². The molecule has 40 nitrogen and oxygen atoms in total. The summed E-state index contributed by atoms with van der Waals surface area (Å²) in [6.07, 6.45) is -31.8. The Morgan fingerprint density at radius 3 is 1.08 bits per heavy atom. The lowest BCUT2D eigenvalue weighted by molar-refractivity contribution is -0.285. The molecule has 596 valence electrons. The number of methoxy groups -OCH3 is 2. The van der Waals surface area contributed by atoms with Gasteiger partial charge in [0.25, 0.3) is 0 Å². The number of aromatic hydroxyl groups is 9. The zero-order valence-electron chi connectivity index (χ0n) is 57.1. The molecule has 0 radical (unpaired) electrons. The summed E-state index contributed by atoms with van der Waals surface area (Å²) in [6.45, 7) is -2.75. The molecule has 4 saturated heterocycles. The number of ether oxygens (including phenoxy) is 10. The van der Waals surface area contributed by atoms with E-state index < -0.39 is 184 Å². The van der Waals surface area contributed by atoms with Crippen molar-refractivity contribution in [3.63, 3.8) is 0 Å². The van der Waals surface area contributed by atoms with Crippen LogP contribution in [-0.2, 0) is 23.7 Å². The topological polar surface area (TPSA) is 675 Å². The highest BCUT2D eigenvalue weighted by Gasteiger charge is 2.50. The number of carboxylic acid groups (broad SMARTS) is 1. The largest absolute Gasteiger partial charge is 0.507 e. The maximum absolute atomic E-state index is 12.1. The third-order valence-electron chi connectivity index (χ3n) is 17.3. The van der Waals surface area contributed by atoms with Gasteiger partial charge in [0.05, 0.1) is 75.0 Å². The normalized spacial score (nSPS) is 27.8. The summed E-state index contributed by atoms with van der Waals surface area (Å²) in [5, 5.41) is 256. The van der Waals surface area contributed by atoms with Gasteiger partial charge >= 0.3 is 34.6 Å². The van der Waals surface area contributed by atoms with Crippen LogP contribution in [-0.4, -0.2) is 308 Å². The molecule has 20 atom stereocenters. The van der Waals surface area contributed by atoms with Crippen molar-refractivity contribution in [2.24, 2.45) is 0 Å². The van der Waals surface area contributed by atoms with E-state index in [1.54, 1.807) is 0 Å². The van der Waals surface area contributed by atoms with E-state index in [2.05, 4.69) is 0 Å². The number of rotatable bonds is 17. The van der Waals surface area contributed by atoms with E-state index in [0.29, 0.717) is 0 Å². The first-order valence-electron chi connectivity index (χ1n) is 32.6. The minimum Gasteiger partial charge on any atom is -0.507 e. The van der Waals surface area contributed by atoms with Gasteiger partial charge in [-0.2, -0.15) is 0 Å². The average molecular weight is 1560 g/mol. The van der Waals surface area contributed by atoms with Crippen molar-refractivity contribution >= 4 is 33.9 Å². The summed E-state index contributed by atoms with van der Waals surface area (Å²) < 4.78 is 64.9. The number of phenols is 9. The number of aromatic carboxylic acids is 1. The van der Waals surface area contributed by atoms with Crippen molar-refractivity contribution in [1.82, 2.24) is 0 Å². The van der Waals surface area contributed by atoms with Gasteiger partial charge in [-0.05, 0) is 60.7 Å². The van der Waals surface area contributed by atoms with Gasteiger partial charge in [0, 0.05) is 36.4 Å². The van der Waals surface area contributed by atoms with Gasteiger partial charge in [0.1, 0.15) is 131 Å². The van der Waals surface area contributed by atoms with Crippen molar-refractivity contribution < 1.29 is 199 Å². The van der Waals surface area contributed by atoms with Crippen LogP contribution in [0, 0.1) is 0 Å². The SMILES string of the molecule is COc1cc(C(=O)O)ccc1O.COc1cc(C(=O)OC2OC(CO)C(O)C(O)C2O)ccc1O.OCC1OC(Oc2cc3c(O)cc(O)cc3[o+]c2-c2ccc(O)c(O)c2)C(O)C(O)C1O.OCC1OC(Oc2cc3c(OC4OC(CO)C(O)C(O)C4O)cc(O)cc3[o+]c2-c2ccc(O)c(O)c2)C(O)C(O)C1O. The van der Waals surface area contributed by atoms with E-state index in [9.17, 15) is 127 Å². The van der Waals surface area contributed by atoms with Gasteiger partial charge in [-0.15, -0.1) is 0 Å². The first kappa shape index (κ1) is 83.5. The standard InChI is InChI=1S/C27H30O16.C21H20O11.C14H18O9.C8H8O4/c28-7-17-19(33)21(35)23(37)26(42-17)40-15-5-10(30)4-14-11(15)6-16(25(39-14)9-1-2-12(31)13(32)3-9)41-27-24(38)22(36)20(34)18(8-29)43-27;22-7-16-17(27)18(28)19(29)21(32-16)31-15-6-10-12(25)4-9(23)5-14(10)30-20(15)8-1-2-11(24)13(26)3-8;1-21-8-4-6(2-3-7(8)16)13(20)23-14-12(19)11(18)10(17)9(5-15)22-14;1-12-7-4-5(8(10)11)2-3-6(7)9/h1-6,17-24,26-29,33-38H,7-8H2,(H2-,30,31,32);1-6,16-19,21-22,27-29H,7H2,(H3-,23,24,25,26);2-4,9-12,14-19H,5H2,1H3;2-4,9H,1H3,(H,10,11)/p+2. The summed E-state index contributed by atoms with van der Waals surface area (Å²) >= 11 is 0. The molecule has 2 aromatic heterocycles. The fourth-order valence-corrected chi connectivity index (χ4v) is 11.2. The second kappa shape index (κ2) is 35.9. The lowest BCUT2D eigenvalue weighted by atomic mass is 9.99. The van der Waals surface area contributed by atoms with E-state index in [1.165, 1.54) is 99.1 Å². The van der Waals surface area contributed by atoms with Crippen LogP contribution in [0.2, 0.25) is 0 Å². The van der Waals surface area contributed by atoms with Crippen molar-refractivity contribution in [2.45, 2.75) is 123 Å². The summed E-state index contributed by atoms with van der Waals surface area (Å²) in [4.78, 5) is 22.5. The van der Waals surface area contributed by atoms with Gasteiger partial charge in [-0.1, -0.05) is 0 Å². The maximum Gasteiger partial charge on any atom is 0.402 e. The molecule has 110 heavy (non-hydrogen) atoms. The van der Waals surface area contributed by atoms with Crippen LogP contribution < -0.4 is 23.7 Å². The number of phenolic OH excluding ortho intramolecular Hbond substituents is 9. The van der Waals surface area contributed by atoms with Crippen LogP contribution in [0.5, 0.6) is 80.5 Å². The van der Waals surface area contributed by atoms with E-state index >= 15 is 0 Å². The van der Waals surface area contributed by atoms with E-state index in [0.717, 1.165) is 24.3 Å². The number of fused-ring (bicyclic) bond motifs is 2. The van der Waals surface area contributed by atoms with Crippen LogP contribution in [0.3, 0.4) is 0 Å². The van der Waals surface area contributed by atoms with E-state index in [-0.39, 0.29) is 113 Å². The van der Waals surface area contributed by atoms with Gasteiger partial charge in [0.2, 0.25) is 36.7 Å². The van der Waals surface area contributed by atoms with E-state index in [1.807, 2.05) is 0 Å². The molecule has 0 saturated carbocycles. The second-order valence-electron chi connectivity index (χ2n) is 24.6. The molecule has 6 aromatic carbocycles. The van der Waals surface area contributed by atoms with Crippen LogP contribution >= 0.6 is 0 Å². The molecule has 4 fully saturated rings. The molecular weight excluding hydrogens is 1480 g/mol. The van der Waals surface area contributed by atoms with E-state index in [4.69, 9.17) is 71.5 Å². The van der Waals surface area contributed by atoms with Crippen LogP contribution in [0.1, 0.15) is 20.7 Å². The number of hydrogen-bond acceptors (Lipinski definition) is 37. The Morgan fingerprint density at radius 2 is 0.691 bits per heavy atom. The molecule has 0 bridgehead atoms. The monoisotopic (exact) mass is 1560 g/mol. The minimum absolute atomic E-state index is 0.0108. The molecule has 0 aliphatic carbocycles. The Bertz CT molecular complexity index is 4500. The molecule has 12 rings (SSSR count). The number of carbonyl (C=O) groups is 2. The fraction of sp³-hybridized carbons (Fsp3) is 0.371. The molecule has 26 N–H and O–H groups in total. The predicted octanol–water partition coefficient (Wildman–Crippen LogP) is -2.31. The Labute approximate surface area is 617 Å². The molecule has 4 aliphatic heterocycles. The molecule has 20 unspecified atom stereocenters. The number of carbonyl (C=O) groups excluding carboxylic acids is 1. The van der Waals surface area contributed by atoms with Crippen molar-refractivity contribution in [1.29, 1.82) is 0 Å². The Kier molecular flexibility index (Phi) is 27.2. The Balaban J connectivity index is 0.000000183. The molecule has 0 spiro atoms. The predicted molar refractivity (Wildman–Crippen MR) is 362 cm³/mol. The number of aliphatic hydroxyl groups excluding tert-OH is 16. The molecular formula is C70H78O40+2. The van der Waals surface area contributed by atoms with Crippen LogP contribution in [0.25, 0.3) is 44.6 Å². The fourth-order valence-electron chi connectivity index (χ4n) is 11.2. The molecule has 40 heteroatoms. The maximum atomic E-state index is 12.1. The molecule has 0 amide bonds. The van der Waals surface area contributed by atoms with Crippen molar-refractivity contribution in [3.8, 4) is 103 Å². The highest BCUT2D eigenvalue weighted by Crippen LogP contribution is 2.46. The zero-order valence-corrected chi connectivity index (χ0v) is 57.1. The van der Waals surface area contributed by atoms with Crippen molar-refractivity contribution in [2.75, 3.05) is 40.6 Å². The van der Waals surface area contributed by atoms with Gasteiger partial charge in [-0.3, -0.25) is 0 Å². The molecule has 4 aliphatic rings. The number of benzene rings is 6. The lowest BCUT2D eigenvalue weighted by Crippen LogP contribution is -2.60. The summed E-state index contributed by atoms with van der Waals surface area (Å²) in [5.74, 6) is -5.58. The minimum atomic E-state index is -1.82. The van der Waals surface area contributed by atoms with Crippen molar-refractivity contribution in [3.05, 3.63) is 120 Å².